The molecule has 0 aromatic heterocycles. The molecule has 0 aliphatic carbocycles. The number of hydrogen-bond acceptors (Lipinski definition) is 5. The molecule has 1 fully saturated rings. The van der Waals surface area contributed by atoms with Crippen molar-refractivity contribution >= 4 is 5.97 Å². The van der Waals surface area contributed by atoms with Gasteiger partial charge in [0.25, 0.3) is 0 Å². The molecule has 1 heterocycles. The van der Waals surface area contributed by atoms with Crippen molar-refractivity contribution in [2.24, 2.45) is 0 Å². The average molecular weight is 148 g/mol. The molecule has 0 aromatic carbocycles. The number of aliphatic hydroxyl groups is 2. The van der Waals surface area contributed by atoms with Crippen molar-refractivity contribution in [2.75, 3.05) is 0 Å². The number of rotatable bonds is 0. The zero-order valence-corrected chi connectivity index (χ0v) is 5.24. The third kappa shape index (κ3) is 1.94. The lowest BCUT2D eigenvalue weighted by Crippen LogP contribution is -2.30. The maximum atomic E-state index is 10.4. The molecule has 5 heteroatoms. The molecule has 1 rings (SSSR count). The summed E-state index contributed by atoms with van der Waals surface area (Å²) in [6.07, 6.45) is 0.493. The Morgan fingerprint density at radius 2 is 2.20 bits per heavy atom. The van der Waals surface area contributed by atoms with Gasteiger partial charge in [-0.15, -0.1) is 4.89 Å². The molecular weight excluding hydrogens is 140 g/mol. The lowest BCUT2D eigenvalue weighted by molar-refractivity contribution is -0.464. The zero-order chi connectivity index (χ0) is 7.61. The maximum absolute atomic E-state index is 10.4. The highest BCUT2D eigenvalue weighted by Gasteiger charge is 2.30. The van der Waals surface area contributed by atoms with Gasteiger partial charge >= 0.3 is 11.9 Å². The van der Waals surface area contributed by atoms with Crippen LogP contribution in [0, 0.1) is 0 Å². The van der Waals surface area contributed by atoms with Crippen molar-refractivity contribution in [1.29, 1.82) is 0 Å². The van der Waals surface area contributed by atoms with E-state index in [1.54, 1.807) is 0 Å². The monoisotopic (exact) mass is 148 g/mol. The summed E-state index contributed by atoms with van der Waals surface area (Å²) in [4.78, 5) is 18.3. The third-order valence-electron chi connectivity index (χ3n) is 1.15. The normalized spacial score (nSPS) is 25.2. The van der Waals surface area contributed by atoms with Crippen LogP contribution in [0.5, 0.6) is 0 Å². The molecule has 2 N–H and O–H groups in total. The summed E-state index contributed by atoms with van der Waals surface area (Å²) in [5.41, 5.74) is 0. The highest BCUT2D eigenvalue weighted by Crippen LogP contribution is 2.17. The van der Waals surface area contributed by atoms with E-state index < -0.39 is 11.9 Å². The molecule has 0 spiro atoms. The highest BCUT2D eigenvalue weighted by molar-refractivity contribution is 5.68. The van der Waals surface area contributed by atoms with Gasteiger partial charge in [-0.3, -0.25) is 4.89 Å². The van der Waals surface area contributed by atoms with Crippen LogP contribution in [0.2, 0.25) is 0 Å². The fraction of sp³-hybridized carbons (Fsp3) is 0.800. The highest BCUT2D eigenvalue weighted by atomic mass is 17.3. The van der Waals surface area contributed by atoms with Gasteiger partial charge in [0.05, 0.1) is 0 Å². The minimum absolute atomic E-state index is 0.0151. The standard InChI is InChI=1S/C5H8O5/c6-4-2-1-3-5(7,8)10-9-4/h7-8H,1-3H2. The van der Waals surface area contributed by atoms with Crippen LogP contribution in [0.1, 0.15) is 19.3 Å². The van der Waals surface area contributed by atoms with E-state index in [0.717, 1.165) is 0 Å². The quantitative estimate of drug-likeness (QED) is 0.350. The molecule has 1 aliphatic heterocycles. The summed E-state index contributed by atoms with van der Waals surface area (Å²) in [5.74, 6) is -2.88. The Balaban J connectivity index is 2.48. The van der Waals surface area contributed by atoms with Crippen molar-refractivity contribution < 1.29 is 24.8 Å². The Morgan fingerprint density at radius 1 is 1.50 bits per heavy atom. The summed E-state index contributed by atoms with van der Waals surface area (Å²) in [6, 6.07) is 0. The number of hydrogen-bond donors (Lipinski definition) is 2. The first kappa shape index (κ1) is 7.46. The molecule has 1 aliphatic rings. The molecule has 1 saturated heterocycles. The Morgan fingerprint density at radius 3 is 2.90 bits per heavy atom. The molecule has 0 aromatic rings. The van der Waals surface area contributed by atoms with Crippen molar-refractivity contribution in [3.63, 3.8) is 0 Å². The van der Waals surface area contributed by atoms with E-state index in [1.807, 2.05) is 0 Å². The second kappa shape index (κ2) is 2.53. The Kier molecular flexibility index (Phi) is 1.89. The SMILES string of the molecule is O=C1CCCC(O)(O)OO1. The van der Waals surface area contributed by atoms with Crippen molar-refractivity contribution in [2.45, 2.75) is 25.2 Å². The lowest BCUT2D eigenvalue weighted by Gasteiger charge is -2.14. The summed E-state index contributed by atoms with van der Waals surface area (Å²) in [7, 11) is 0. The number of carbonyl (C=O) groups is 1. The van der Waals surface area contributed by atoms with Gasteiger partial charge in [0.1, 0.15) is 0 Å². The predicted octanol–water partition coefficient (Wildman–Crippen LogP) is -0.717. The number of carbonyl (C=O) groups excluding carboxylic acids is 1. The molecule has 58 valence electrons. The maximum Gasteiger partial charge on any atom is 0.342 e. The van der Waals surface area contributed by atoms with Crippen LogP contribution in [0.4, 0.5) is 0 Å². The molecule has 5 nitrogen and oxygen atoms in total. The van der Waals surface area contributed by atoms with E-state index in [-0.39, 0.29) is 12.8 Å². The third-order valence-corrected chi connectivity index (χ3v) is 1.15. The minimum Gasteiger partial charge on any atom is -0.341 e. The topological polar surface area (TPSA) is 76.0 Å². The minimum atomic E-state index is -2.30. The first-order valence-electron chi connectivity index (χ1n) is 2.93. The van der Waals surface area contributed by atoms with E-state index >= 15 is 0 Å². The molecule has 10 heavy (non-hydrogen) atoms. The van der Waals surface area contributed by atoms with Crippen LogP contribution in [-0.2, 0) is 14.6 Å². The molecule has 0 amide bonds. The zero-order valence-electron chi connectivity index (χ0n) is 5.24. The Hall–Kier alpha value is -0.650. The average Bonchev–Trinajstić information content (AvgIpc) is 1.94. The van der Waals surface area contributed by atoms with Gasteiger partial charge in [0.2, 0.25) is 0 Å². The Bertz CT molecular complexity index is 141. The second-order valence-electron chi connectivity index (χ2n) is 2.14. The van der Waals surface area contributed by atoms with E-state index in [4.69, 9.17) is 10.2 Å². The first-order valence-corrected chi connectivity index (χ1v) is 2.93. The van der Waals surface area contributed by atoms with Crippen LogP contribution in [0.15, 0.2) is 0 Å². The van der Waals surface area contributed by atoms with Gasteiger partial charge in [0, 0.05) is 12.8 Å². The van der Waals surface area contributed by atoms with E-state index in [2.05, 4.69) is 9.78 Å². The summed E-state index contributed by atoms with van der Waals surface area (Å²) in [5, 5.41) is 17.5. The second-order valence-corrected chi connectivity index (χ2v) is 2.14. The Labute approximate surface area is 57.1 Å². The van der Waals surface area contributed by atoms with Gasteiger partial charge < -0.3 is 10.2 Å². The molecule has 0 bridgehead atoms. The summed E-state index contributed by atoms with van der Waals surface area (Å²) < 4.78 is 0. The van der Waals surface area contributed by atoms with E-state index in [1.165, 1.54) is 0 Å². The van der Waals surface area contributed by atoms with E-state index in [9.17, 15) is 4.79 Å². The van der Waals surface area contributed by atoms with E-state index in [0.29, 0.717) is 6.42 Å². The van der Waals surface area contributed by atoms with Crippen LogP contribution in [-0.4, -0.2) is 22.2 Å². The molecule has 0 unspecified atom stereocenters. The predicted molar refractivity (Wildman–Crippen MR) is 28.2 cm³/mol. The first-order chi connectivity index (χ1) is 4.60. The van der Waals surface area contributed by atoms with Gasteiger partial charge in [-0.25, -0.2) is 4.79 Å². The van der Waals surface area contributed by atoms with Crippen LogP contribution < -0.4 is 0 Å². The molecular formula is C5H8O5. The molecule has 0 saturated carbocycles. The summed E-state index contributed by atoms with van der Waals surface area (Å²) in [6.45, 7) is 0. The lowest BCUT2D eigenvalue weighted by atomic mass is 10.2. The van der Waals surface area contributed by atoms with Gasteiger partial charge in [-0.05, 0) is 6.42 Å². The summed E-state index contributed by atoms with van der Waals surface area (Å²) >= 11 is 0. The molecule has 0 atom stereocenters. The fourth-order valence-electron chi connectivity index (χ4n) is 0.660. The van der Waals surface area contributed by atoms with Crippen LogP contribution in [0.25, 0.3) is 0 Å². The van der Waals surface area contributed by atoms with Crippen molar-refractivity contribution in [3.05, 3.63) is 0 Å². The molecule has 0 radical (unpaired) electrons. The van der Waals surface area contributed by atoms with Crippen LogP contribution >= 0.6 is 0 Å². The van der Waals surface area contributed by atoms with Crippen molar-refractivity contribution in [1.82, 2.24) is 0 Å². The van der Waals surface area contributed by atoms with Crippen LogP contribution in [0.3, 0.4) is 0 Å². The van der Waals surface area contributed by atoms with Gasteiger partial charge in [0.15, 0.2) is 0 Å². The largest absolute Gasteiger partial charge is 0.342 e. The smallest absolute Gasteiger partial charge is 0.341 e. The van der Waals surface area contributed by atoms with Gasteiger partial charge in [-0.1, -0.05) is 0 Å². The fourth-order valence-corrected chi connectivity index (χ4v) is 0.660. The van der Waals surface area contributed by atoms with Crippen molar-refractivity contribution in [3.8, 4) is 0 Å². The van der Waals surface area contributed by atoms with Gasteiger partial charge in [-0.2, -0.15) is 0 Å².